The van der Waals surface area contributed by atoms with E-state index in [9.17, 15) is 4.79 Å². The molecule has 0 atom stereocenters. The van der Waals surface area contributed by atoms with Crippen LogP contribution < -0.4 is 15.7 Å². The summed E-state index contributed by atoms with van der Waals surface area (Å²) >= 11 is 0. The van der Waals surface area contributed by atoms with E-state index in [1.807, 2.05) is 18.2 Å². The summed E-state index contributed by atoms with van der Waals surface area (Å²) in [5.41, 5.74) is 7.34. The molecule has 0 amide bonds. The van der Waals surface area contributed by atoms with Gasteiger partial charge < -0.3 is 10.1 Å². The second kappa shape index (κ2) is 7.59. The first-order valence-electron chi connectivity index (χ1n) is 9.80. The smallest absolute Gasteiger partial charge is 0.350 e. The van der Waals surface area contributed by atoms with E-state index in [-0.39, 0.29) is 5.69 Å². The van der Waals surface area contributed by atoms with Crippen LogP contribution in [0.3, 0.4) is 0 Å². The van der Waals surface area contributed by atoms with Crippen LogP contribution in [0, 0.1) is 20.8 Å². The number of aromatic nitrogens is 2. The molecule has 2 heterocycles. The largest absolute Gasteiger partial charge is 0.490 e. The summed E-state index contributed by atoms with van der Waals surface area (Å²) in [5, 5.41) is 3.37. The van der Waals surface area contributed by atoms with Crippen molar-refractivity contribution in [3.05, 3.63) is 81.8 Å². The normalized spacial score (nSPS) is 12.1. The van der Waals surface area contributed by atoms with Gasteiger partial charge in [0.1, 0.15) is 18.2 Å². The predicted molar refractivity (Wildman–Crippen MR) is 117 cm³/mol. The van der Waals surface area contributed by atoms with Gasteiger partial charge in [-0.2, -0.15) is 4.98 Å². The lowest BCUT2D eigenvalue weighted by atomic mass is 9.97. The Labute approximate surface area is 170 Å². The molecule has 1 N–H and O–H groups in total. The van der Waals surface area contributed by atoms with Crippen molar-refractivity contribution in [2.45, 2.75) is 33.7 Å². The maximum Gasteiger partial charge on any atom is 0.350 e. The third-order valence-corrected chi connectivity index (χ3v) is 5.27. The van der Waals surface area contributed by atoms with Crippen molar-refractivity contribution in [2.24, 2.45) is 0 Å². The van der Waals surface area contributed by atoms with Gasteiger partial charge in [-0.05, 0) is 62.1 Å². The fraction of sp³-hybridized carbons (Fsp3) is 0.250. The molecule has 5 nitrogen and oxygen atoms in total. The summed E-state index contributed by atoms with van der Waals surface area (Å²) in [4.78, 5) is 17.0. The van der Waals surface area contributed by atoms with Gasteiger partial charge in [0.2, 0.25) is 0 Å². The molecular weight excluding hydrogens is 362 g/mol. The van der Waals surface area contributed by atoms with Gasteiger partial charge >= 0.3 is 5.69 Å². The standard InChI is InChI=1S/C24H25N3O2/c1-5-10-29-19-6-7-20-18(13-19)8-9-27-21(20)14-22(26-24(27)28)25-23-16(3)11-15(2)12-17(23)4/h5-7,11-14H,1,8-10H2,2-4H3,(H,25,26,28). The van der Waals surface area contributed by atoms with Crippen molar-refractivity contribution < 1.29 is 4.74 Å². The van der Waals surface area contributed by atoms with Crippen molar-refractivity contribution >= 4 is 11.5 Å². The Morgan fingerprint density at radius 2 is 1.93 bits per heavy atom. The second-order valence-electron chi connectivity index (χ2n) is 7.53. The SMILES string of the molecule is C=CCOc1ccc2c(c1)CCn1c-2cc(Nc2c(C)cc(C)cc2C)nc1=O. The fourth-order valence-electron chi connectivity index (χ4n) is 4.02. The number of fused-ring (bicyclic) bond motifs is 3. The molecule has 0 unspecified atom stereocenters. The Morgan fingerprint density at radius 1 is 1.17 bits per heavy atom. The second-order valence-corrected chi connectivity index (χ2v) is 7.53. The molecular formula is C24H25N3O2. The number of nitrogens with one attached hydrogen (secondary N) is 1. The van der Waals surface area contributed by atoms with E-state index in [0.29, 0.717) is 19.0 Å². The van der Waals surface area contributed by atoms with Crippen molar-refractivity contribution in [3.8, 4) is 17.0 Å². The Hall–Kier alpha value is -3.34. The first-order chi connectivity index (χ1) is 14.0. The number of ether oxygens (including phenoxy) is 1. The molecule has 0 fully saturated rings. The van der Waals surface area contributed by atoms with Crippen LogP contribution >= 0.6 is 0 Å². The van der Waals surface area contributed by atoms with Crippen molar-refractivity contribution in [2.75, 3.05) is 11.9 Å². The van der Waals surface area contributed by atoms with Crippen LogP contribution in [0.15, 0.2) is 53.8 Å². The first-order valence-corrected chi connectivity index (χ1v) is 9.80. The summed E-state index contributed by atoms with van der Waals surface area (Å²) in [7, 11) is 0. The highest BCUT2D eigenvalue weighted by molar-refractivity contribution is 5.72. The lowest BCUT2D eigenvalue weighted by molar-refractivity contribution is 0.362. The molecule has 4 rings (SSSR count). The topological polar surface area (TPSA) is 56.1 Å². The van der Waals surface area contributed by atoms with E-state index in [1.165, 1.54) is 11.1 Å². The lowest BCUT2D eigenvalue weighted by Crippen LogP contribution is -2.28. The minimum Gasteiger partial charge on any atom is -0.490 e. The molecule has 0 spiro atoms. The molecule has 1 aromatic heterocycles. The van der Waals surface area contributed by atoms with Gasteiger partial charge in [-0.25, -0.2) is 4.79 Å². The lowest BCUT2D eigenvalue weighted by Gasteiger charge is -2.23. The molecule has 0 saturated carbocycles. The zero-order valence-corrected chi connectivity index (χ0v) is 17.1. The third kappa shape index (κ3) is 3.68. The summed E-state index contributed by atoms with van der Waals surface area (Å²) < 4.78 is 7.40. The van der Waals surface area contributed by atoms with Gasteiger partial charge in [-0.1, -0.05) is 30.4 Å². The Morgan fingerprint density at radius 3 is 2.66 bits per heavy atom. The van der Waals surface area contributed by atoms with Crippen molar-refractivity contribution in [1.29, 1.82) is 0 Å². The van der Waals surface area contributed by atoms with E-state index < -0.39 is 0 Å². The maximum absolute atomic E-state index is 12.7. The zero-order valence-electron chi connectivity index (χ0n) is 17.1. The minimum atomic E-state index is -0.231. The number of nitrogens with zero attached hydrogens (tertiary/aromatic N) is 2. The number of aryl methyl sites for hydroxylation is 4. The minimum absolute atomic E-state index is 0.231. The van der Waals surface area contributed by atoms with Crippen molar-refractivity contribution in [1.82, 2.24) is 9.55 Å². The van der Waals surface area contributed by atoms with Gasteiger partial charge in [-0.15, -0.1) is 0 Å². The zero-order chi connectivity index (χ0) is 20.5. The molecule has 1 aliphatic rings. The van der Waals surface area contributed by atoms with Crippen LogP contribution in [0.5, 0.6) is 5.75 Å². The first kappa shape index (κ1) is 19.0. The Balaban J connectivity index is 1.74. The average molecular weight is 387 g/mol. The third-order valence-electron chi connectivity index (χ3n) is 5.27. The monoisotopic (exact) mass is 387 g/mol. The molecule has 5 heteroatoms. The molecule has 148 valence electrons. The average Bonchev–Trinajstić information content (AvgIpc) is 2.68. The van der Waals surface area contributed by atoms with E-state index in [1.54, 1.807) is 10.6 Å². The summed E-state index contributed by atoms with van der Waals surface area (Å²) in [6.45, 7) is 11.0. The number of rotatable bonds is 5. The molecule has 1 aliphatic heterocycles. The van der Waals surface area contributed by atoms with Crippen LogP contribution in [0.1, 0.15) is 22.3 Å². The summed E-state index contributed by atoms with van der Waals surface area (Å²) in [5.74, 6) is 1.38. The summed E-state index contributed by atoms with van der Waals surface area (Å²) in [6.07, 6.45) is 2.51. The highest BCUT2D eigenvalue weighted by Gasteiger charge is 2.19. The molecule has 0 saturated heterocycles. The van der Waals surface area contributed by atoms with Crippen LogP contribution in [-0.4, -0.2) is 16.2 Å². The quantitative estimate of drug-likeness (QED) is 0.645. The van der Waals surface area contributed by atoms with Crippen LogP contribution in [-0.2, 0) is 13.0 Å². The maximum atomic E-state index is 12.7. The van der Waals surface area contributed by atoms with Gasteiger partial charge in [0.15, 0.2) is 0 Å². The van der Waals surface area contributed by atoms with Gasteiger partial charge in [0.05, 0.1) is 5.69 Å². The van der Waals surface area contributed by atoms with Gasteiger partial charge in [0, 0.05) is 23.9 Å². The Bertz CT molecular complexity index is 1140. The molecule has 0 bridgehead atoms. The number of hydrogen-bond acceptors (Lipinski definition) is 4. The highest BCUT2D eigenvalue weighted by Crippen LogP contribution is 2.33. The van der Waals surface area contributed by atoms with Crippen LogP contribution in [0.2, 0.25) is 0 Å². The number of benzene rings is 2. The van der Waals surface area contributed by atoms with E-state index >= 15 is 0 Å². The molecule has 0 aliphatic carbocycles. The van der Waals surface area contributed by atoms with Crippen molar-refractivity contribution in [3.63, 3.8) is 0 Å². The Kier molecular flexibility index (Phi) is 4.97. The highest BCUT2D eigenvalue weighted by atomic mass is 16.5. The van der Waals surface area contributed by atoms with Crippen LogP contribution in [0.25, 0.3) is 11.3 Å². The number of anilines is 2. The number of hydrogen-bond donors (Lipinski definition) is 1. The summed E-state index contributed by atoms with van der Waals surface area (Å²) in [6, 6.07) is 12.2. The molecule has 2 aromatic carbocycles. The van der Waals surface area contributed by atoms with E-state index in [0.717, 1.165) is 40.2 Å². The molecule has 29 heavy (non-hydrogen) atoms. The predicted octanol–water partition coefficient (Wildman–Crippen LogP) is 4.70. The van der Waals surface area contributed by atoms with E-state index in [4.69, 9.17) is 4.74 Å². The molecule has 0 radical (unpaired) electrons. The van der Waals surface area contributed by atoms with E-state index in [2.05, 4.69) is 55.9 Å². The molecule has 3 aromatic rings. The fourth-order valence-corrected chi connectivity index (χ4v) is 4.02. The van der Waals surface area contributed by atoms with Gasteiger partial charge in [0.25, 0.3) is 0 Å². The van der Waals surface area contributed by atoms with Crippen LogP contribution in [0.4, 0.5) is 11.5 Å². The van der Waals surface area contributed by atoms with Gasteiger partial charge in [-0.3, -0.25) is 4.57 Å².